The van der Waals surface area contributed by atoms with Crippen LogP contribution in [0.5, 0.6) is 11.5 Å². The molecule has 0 unspecified atom stereocenters. The molecule has 6 nitrogen and oxygen atoms in total. The van der Waals surface area contributed by atoms with Crippen LogP contribution in [-0.4, -0.2) is 26.5 Å². The molecule has 2 aliphatic rings. The van der Waals surface area contributed by atoms with E-state index < -0.39 is 11.6 Å². The van der Waals surface area contributed by atoms with Gasteiger partial charge in [-0.1, -0.05) is 0 Å². The Bertz CT molecular complexity index is 985. The van der Waals surface area contributed by atoms with Crippen molar-refractivity contribution < 1.29 is 18.3 Å². The number of benzene rings is 1. The molecule has 0 spiro atoms. The summed E-state index contributed by atoms with van der Waals surface area (Å²) in [6.45, 7) is 0.157. The van der Waals surface area contributed by atoms with Crippen molar-refractivity contribution in [3.8, 4) is 28.7 Å². The monoisotopic (exact) mass is 342 g/mol. The van der Waals surface area contributed by atoms with E-state index >= 15 is 0 Å². The third kappa shape index (κ3) is 2.41. The lowest BCUT2D eigenvalue weighted by Crippen LogP contribution is -2.03. The van der Waals surface area contributed by atoms with Crippen LogP contribution in [0, 0.1) is 11.6 Å². The Balaban J connectivity index is 1.68. The Labute approximate surface area is 141 Å². The summed E-state index contributed by atoms with van der Waals surface area (Å²) in [5, 5.41) is 4.52. The summed E-state index contributed by atoms with van der Waals surface area (Å²) >= 11 is 0. The molecule has 1 aliphatic heterocycles. The van der Waals surface area contributed by atoms with Gasteiger partial charge in [-0.25, -0.2) is 23.4 Å². The molecule has 5 rings (SSSR count). The number of halogens is 2. The summed E-state index contributed by atoms with van der Waals surface area (Å²) in [6, 6.07) is 6.08. The minimum Gasteiger partial charge on any atom is -0.454 e. The molecule has 2 aromatic heterocycles. The molecular formula is C17H12F2N4O2. The standard InChI is InChI=1S/C17H12F2N4O2/c18-10-5-12(19)15(20-7-10)17-21-16(9-1-2-9)22-23(17)11-3-4-13-14(6-11)25-8-24-13/h3-7,9H,1-2,8H2. The number of pyridine rings is 1. The number of ether oxygens (including phenoxy) is 2. The number of fused-ring (bicyclic) bond motifs is 1. The van der Waals surface area contributed by atoms with Gasteiger partial charge in [0.05, 0.1) is 11.9 Å². The Kier molecular flexibility index (Phi) is 3.00. The van der Waals surface area contributed by atoms with E-state index in [0.717, 1.165) is 25.1 Å². The molecule has 1 fully saturated rings. The second kappa shape index (κ2) is 5.23. The summed E-state index contributed by atoms with van der Waals surface area (Å²) in [7, 11) is 0. The van der Waals surface area contributed by atoms with Crippen molar-refractivity contribution in [2.45, 2.75) is 18.8 Å². The lowest BCUT2D eigenvalue weighted by Gasteiger charge is -2.07. The van der Waals surface area contributed by atoms with Gasteiger partial charge in [-0.2, -0.15) is 5.10 Å². The van der Waals surface area contributed by atoms with Gasteiger partial charge < -0.3 is 9.47 Å². The van der Waals surface area contributed by atoms with Gasteiger partial charge in [-0.15, -0.1) is 0 Å². The lowest BCUT2D eigenvalue weighted by atomic mass is 10.2. The van der Waals surface area contributed by atoms with Crippen molar-refractivity contribution in [1.29, 1.82) is 0 Å². The molecule has 126 valence electrons. The van der Waals surface area contributed by atoms with Gasteiger partial charge in [-0.05, 0) is 25.0 Å². The van der Waals surface area contributed by atoms with Gasteiger partial charge in [-0.3, -0.25) is 0 Å². The first-order valence-corrected chi connectivity index (χ1v) is 7.87. The maximum atomic E-state index is 14.2. The normalized spacial score (nSPS) is 15.6. The van der Waals surface area contributed by atoms with Crippen molar-refractivity contribution in [3.05, 3.63) is 47.9 Å². The van der Waals surface area contributed by atoms with E-state index in [-0.39, 0.29) is 24.2 Å². The molecule has 1 saturated carbocycles. The first kappa shape index (κ1) is 14.3. The van der Waals surface area contributed by atoms with Crippen LogP contribution >= 0.6 is 0 Å². The average molecular weight is 342 g/mol. The Morgan fingerprint density at radius 1 is 1.08 bits per heavy atom. The molecule has 1 aromatic carbocycles. The number of aromatic nitrogens is 4. The molecule has 0 N–H and O–H groups in total. The molecule has 25 heavy (non-hydrogen) atoms. The molecule has 8 heteroatoms. The van der Waals surface area contributed by atoms with E-state index in [2.05, 4.69) is 15.1 Å². The summed E-state index contributed by atoms with van der Waals surface area (Å²) in [5.41, 5.74) is 0.600. The number of hydrogen-bond donors (Lipinski definition) is 0. The van der Waals surface area contributed by atoms with Crippen molar-refractivity contribution in [3.63, 3.8) is 0 Å². The first-order chi connectivity index (χ1) is 12.2. The van der Waals surface area contributed by atoms with Gasteiger partial charge in [0.2, 0.25) is 6.79 Å². The molecule has 3 heterocycles. The van der Waals surface area contributed by atoms with Crippen LogP contribution in [0.25, 0.3) is 17.2 Å². The van der Waals surface area contributed by atoms with Crippen molar-refractivity contribution >= 4 is 0 Å². The molecule has 0 radical (unpaired) electrons. The Hall–Kier alpha value is -3.03. The van der Waals surface area contributed by atoms with Crippen molar-refractivity contribution in [2.75, 3.05) is 6.79 Å². The SMILES string of the molecule is Fc1cnc(-c2nc(C3CC3)nn2-c2ccc3c(c2)OCO3)c(F)c1. The molecule has 3 aromatic rings. The summed E-state index contributed by atoms with van der Waals surface area (Å²) in [6.07, 6.45) is 2.97. The minimum atomic E-state index is -0.781. The molecule has 0 saturated heterocycles. The highest BCUT2D eigenvalue weighted by molar-refractivity contribution is 5.57. The number of rotatable bonds is 3. The first-order valence-electron chi connectivity index (χ1n) is 7.87. The zero-order valence-corrected chi connectivity index (χ0v) is 12.9. The quantitative estimate of drug-likeness (QED) is 0.731. The molecule has 0 atom stereocenters. The largest absolute Gasteiger partial charge is 0.454 e. The van der Waals surface area contributed by atoms with Gasteiger partial charge >= 0.3 is 0 Å². The van der Waals surface area contributed by atoms with Gasteiger partial charge in [0.1, 0.15) is 11.5 Å². The molecule has 0 amide bonds. The van der Waals surface area contributed by atoms with Gasteiger partial charge in [0.25, 0.3) is 0 Å². The van der Waals surface area contributed by atoms with E-state index in [9.17, 15) is 8.78 Å². The fourth-order valence-corrected chi connectivity index (χ4v) is 2.77. The van der Waals surface area contributed by atoms with Gasteiger partial charge in [0.15, 0.2) is 29.0 Å². The molecule has 1 aliphatic carbocycles. The highest BCUT2D eigenvalue weighted by Gasteiger charge is 2.30. The number of nitrogens with zero attached hydrogens (tertiary/aromatic N) is 4. The smallest absolute Gasteiger partial charge is 0.231 e. The van der Waals surface area contributed by atoms with E-state index in [0.29, 0.717) is 23.0 Å². The van der Waals surface area contributed by atoms with Crippen LogP contribution in [0.3, 0.4) is 0 Å². The predicted octanol–water partition coefficient (Wildman–Crippen LogP) is 3.21. The maximum absolute atomic E-state index is 14.2. The van der Waals surface area contributed by atoms with Crippen LogP contribution < -0.4 is 9.47 Å². The topological polar surface area (TPSA) is 62.1 Å². The summed E-state index contributed by atoms with van der Waals surface area (Å²) < 4.78 is 39.7. The molecular weight excluding hydrogens is 330 g/mol. The predicted molar refractivity (Wildman–Crippen MR) is 82.6 cm³/mol. The fourth-order valence-electron chi connectivity index (χ4n) is 2.77. The minimum absolute atomic E-state index is 0.0431. The third-order valence-corrected chi connectivity index (χ3v) is 4.19. The van der Waals surface area contributed by atoms with Crippen molar-refractivity contribution in [1.82, 2.24) is 19.7 Å². The zero-order valence-electron chi connectivity index (χ0n) is 12.9. The number of hydrogen-bond acceptors (Lipinski definition) is 5. The van der Waals surface area contributed by atoms with Crippen molar-refractivity contribution in [2.24, 2.45) is 0 Å². The third-order valence-electron chi connectivity index (χ3n) is 4.19. The van der Waals surface area contributed by atoms with E-state index in [1.807, 2.05) is 0 Å². The van der Waals surface area contributed by atoms with E-state index in [1.54, 1.807) is 18.2 Å². The molecule has 0 bridgehead atoms. The van der Waals surface area contributed by atoms with Crippen LogP contribution in [0.15, 0.2) is 30.5 Å². The van der Waals surface area contributed by atoms with Crippen LogP contribution in [0.4, 0.5) is 8.78 Å². The second-order valence-electron chi connectivity index (χ2n) is 6.00. The van der Waals surface area contributed by atoms with E-state index in [4.69, 9.17) is 9.47 Å². The lowest BCUT2D eigenvalue weighted by molar-refractivity contribution is 0.174. The fraction of sp³-hybridized carbons (Fsp3) is 0.235. The van der Waals surface area contributed by atoms with Crippen LogP contribution in [0.2, 0.25) is 0 Å². The maximum Gasteiger partial charge on any atom is 0.231 e. The second-order valence-corrected chi connectivity index (χ2v) is 6.00. The van der Waals surface area contributed by atoms with E-state index in [1.165, 1.54) is 4.68 Å². The average Bonchev–Trinajstić information content (AvgIpc) is 3.18. The summed E-state index contributed by atoms with van der Waals surface area (Å²) in [5.74, 6) is 0.849. The zero-order chi connectivity index (χ0) is 17.0. The highest BCUT2D eigenvalue weighted by atomic mass is 19.1. The highest BCUT2D eigenvalue weighted by Crippen LogP contribution is 2.40. The van der Waals surface area contributed by atoms with Crippen LogP contribution in [0.1, 0.15) is 24.6 Å². The summed E-state index contributed by atoms with van der Waals surface area (Å²) in [4.78, 5) is 8.33. The van der Waals surface area contributed by atoms with Crippen LogP contribution in [-0.2, 0) is 0 Å². The van der Waals surface area contributed by atoms with Gasteiger partial charge in [0, 0.05) is 18.1 Å². The Morgan fingerprint density at radius 2 is 1.92 bits per heavy atom. The Morgan fingerprint density at radius 3 is 2.72 bits per heavy atom.